The fourth-order valence-electron chi connectivity index (χ4n) is 1.66. The molecule has 1 aromatic carbocycles. The minimum Gasteiger partial charge on any atom is -0.469 e. The van der Waals surface area contributed by atoms with Crippen LogP contribution in [0.3, 0.4) is 0 Å². The van der Waals surface area contributed by atoms with Gasteiger partial charge in [-0.05, 0) is 32.0 Å². The van der Waals surface area contributed by atoms with Gasteiger partial charge in [0.05, 0.1) is 23.6 Å². The SMILES string of the molecule is COC(=O)C(C)(C)CSc1nc2ccc(N)cc2[nH]1. The van der Waals surface area contributed by atoms with Gasteiger partial charge in [-0.15, -0.1) is 0 Å². The number of ether oxygens (including phenoxy) is 1. The second kappa shape index (κ2) is 5.13. The number of benzene rings is 1. The quantitative estimate of drug-likeness (QED) is 0.510. The standard InChI is InChI=1S/C13H17N3O2S/c1-13(2,11(17)18-3)7-19-12-15-9-5-4-8(14)6-10(9)16-12/h4-6H,7,14H2,1-3H3,(H,15,16). The highest BCUT2D eigenvalue weighted by Gasteiger charge is 2.29. The molecule has 5 nitrogen and oxygen atoms in total. The molecule has 0 saturated heterocycles. The summed E-state index contributed by atoms with van der Waals surface area (Å²) in [4.78, 5) is 19.2. The number of anilines is 1. The number of methoxy groups -OCH3 is 1. The first-order valence-corrected chi connectivity index (χ1v) is 6.87. The highest BCUT2D eigenvalue weighted by atomic mass is 32.2. The molecule has 3 N–H and O–H groups in total. The summed E-state index contributed by atoms with van der Waals surface area (Å²) in [6, 6.07) is 5.53. The van der Waals surface area contributed by atoms with Gasteiger partial charge in [0.15, 0.2) is 5.16 Å². The van der Waals surface area contributed by atoms with Crippen molar-refractivity contribution in [1.82, 2.24) is 9.97 Å². The van der Waals surface area contributed by atoms with Crippen LogP contribution in [0.25, 0.3) is 11.0 Å². The Labute approximate surface area is 115 Å². The van der Waals surface area contributed by atoms with Gasteiger partial charge < -0.3 is 15.5 Å². The van der Waals surface area contributed by atoms with E-state index in [2.05, 4.69) is 9.97 Å². The largest absolute Gasteiger partial charge is 0.469 e. The van der Waals surface area contributed by atoms with Gasteiger partial charge >= 0.3 is 5.97 Å². The molecule has 0 aliphatic heterocycles. The van der Waals surface area contributed by atoms with Crippen LogP contribution in [0.5, 0.6) is 0 Å². The van der Waals surface area contributed by atoms with Crippen molar-refractivity contribution in [3.8, 4) is 0 Å². The average Bonchev–Trinajstić information content (AvgIpc) is 2.77. The number of hydrogen-bond acceptors (Lipinski definition) is 5. The zero-order valence-electron chi connectivity index (χ0n) is 11.2. The Morgan fingerprint density at radius 2 is 2.26 bits per heavy atom. The summed E-state index contributed by atoms with van der Waals surface area (Å²) in [7, 11) is 1.40. The molecule has 1 aromatic heterocycles. The summed E-state index contributed by atoms with van der Waals surface area (Å²) in [5.41, 5.74) is 7.64. The van der Waals surface area contributed by atoms with E-state index in [1.165, 1.54) is 18.9 Å². The fourth-order valence-corrected chi connectivity index (χ4v) is 2.62. The summed E-state index contributed by atoms with van der Waals surface area (Å²) in [6.45, 7) is 3.71. The Morgan fingerprint density at radius 1 is 1.53 bits per heavy atom. The molecule has 0 bridgehead atoms. The molecule has 0 saturated carbocycles. The van der Waals surface area contributed by atoms with Gasteiger partial charge in [0.1, 0.15) is 0 Å². The number of imidazole rings is 1. The maximum atomic E-state index is 11.6. The molecule has 0 fully saturated rings. The van der Waals surface area contributed by atoms with Gasteiger partial charge in [-0.1, -0.05) is 11.8 Å². The maximum Gasteiger partial charge on any atom is 0.312 e. The van der Waals surface area contributed by atoms with E-state index < -0.39 is 5.41 Å². The first-order chi connectivity index (χ1) is 8.92. The zero-order chi connectivity index (χ0) is 14.0. The lowest BCUT2D eigenvalue weighted by Gasteiger charge is -2.19. The van der Waals surface area contributed by atoms with Crippen molar-refractivity contribution in [1.29, 1.82) is 0 Å². The van der Waals surface area contributed by atoms with Crippen LogP contribution >= 0.6 is 11.8 Å². The van der Waals surface area contributed by atoms with Crippen molar-refractivity contribution in [3.63, 3.8) is 0 Å². The first-order valence-electron chi connectivity index (χ1n) is 5.89. The molecule has 2 aromatic rings. The second-order valence-electron chi connectivity index (χ2n) is 4.98. The van der Waals surface area contributed by atoms with E-state index in [4.69, 9.17) is 10.5 Å². The van der Waals surface area contributed by atoms with Crippen molar-refractivity contribution >= 4 is 34.5 Å². The highest BCUT2D eigenvalue weighted by molar-refractivity contribution is 7.99. The van der Waals surface area contributed by atoms with Crippen molar-refractivity contribution in [2.24, 2.45) is 5.41 Å². The smallest absolute Gasteiger partial charge is 0.312 e. The van der Waals surface area contributed by atoms with Crippen LogP contribution in [0.2, 0.25) is 0 Å². The number of aromatic amines is 1. The molecule has 0 aliphatic rings. The van der Waals surface area contributed by atoms with Crippen molar-refractivity contribution < 1.29 is 9.53 Å². The fraction of sp³-hybridized carbons (Fsp3) is 0.385. The summed E-state index contributed by atoms with van der Waals surface area (Å²) in [5, 5.41) is 0.776. The number of hydrogen-bond donors (Lipinski definition) is 2. The summed E-state index contributed by atoms with van der Waals surface area (Å²) in [6.07, 6.45) is 0. The van der Waals surface area contributed by atoms with Crippen LogP contribution in [0.15, 0.2) is 23.4 Å². The van der Waals surface area contributed by atoms with Gasteiger partial charge in [0.2, 0.25) is 0 Å². The number of nitrogens with two attached hydrogens (primary N) is 1. The lowest BCUT2D eigenvalue weighted by molar-refractivity contribution is -0.149. The van der Waals surface area contributed by atoms with E-state index in [0.717, 1.165) is 16.2 Å². The van der Waals surface area contributed by atoms with E-state index in [1.54, 1.807) is 0 Å². The van der Waals surface area contributed by atoms with Gasteiger partial charge in [-0.3, -0.25) is 4.79 Å². The molecular formula is C13H17N3O2S. The third-order valence-electron chi connectivity index (χ3n) is 2.79. The third kappa shape index (κ3) is 3.01. The molecule has 2 rings (SSSR count). The minimum absolute atomic E-state index is 0.222. The maximum absolute atomic E-state index is 11.6. The highest BCUT2D eigenvalue weighted by Crippen LogP contribution is 2.28. The van der Waals surface area contributed by atoms with Crippen LogP contribution in [0.1, 0.15) is 13.8 Å². The van der Waals surface area contributed by atoms with Crippen molar-refractivity contribution in [2.45, 2.75) is 19.0 Å². The molecule has 1 heterocycles. The molecule has 0 atom stereocenters. The normalized spacial score (nSPS) is 11.7. The summed E-state index contributed by atoms with van der Waals surface area (Å²) in [5.74, 6) is 0.370. The number of H-pyrrole nitrogens is 1. The number of carbonyl (C=O) groups excluding carboxylic acids is 1. The Kier molecular flexibility index (Phi) is 3.71. The van der Waals surface area contributed by atoms with Crippen LogP contribution in [0, 0.1) is 5.41 Å². The number of esters is 1. The molecule has 6 heteroatoms. The van der Waals surface area contributed by atoms with Crippen LogP contribution in [-0.2, 0) is 9.53 Å². The van der Waals surface area contributed by atoms with E-state index >= 15 is 0 Å². The van der Waals surface area contributed by atoms with Crippen molar-refractivity contribution in [3.05, 3.63) is 18.2 Å². The van der Waals surface area contributed by atoms with Gasteiger partial charge in [-0.2, -0.15) is 0 Å². The molecule has 0 aliphatic carbocycles. The summed E-state index contributed by atoms with van der Waals surface area (Å²) >= 11 is 1.49. The topological polar surface area (TPSA) is 81.0 Å². The van der Waals surface area contributed by atoms with E-state index in [0.29, 0.717) is 11.4 Å². The van der Waals surface area contributed by atoms with Crippen LogP contribution in [-0.4, -0.2) is 28.8 Å². The Hall–Kier alpha value is -1.69. The molecule has 102 valence electrons. The molecule has 0 amide bonds. The van der Waals surface area contributed by atoms with E-state index in [-0.39, 0.29) is 5.97 Å². The van der Waals surface area contributed by atoms with Crippen LogP contribution < -0.4 is 5.73 Å². The number of carbonyl (C=O) groups is 1. The predicted octanol–water partition coefficient (Wildman–Crippen LogP) is 2.44. The number of nitrogens with one attached hydrogen (secondary N) is 1. The molecular weight excluding hydrogens is 262 g/mol. The van der Waals surface area contributed by atoms with Gasteiger partial charge in [0.25, 0.3) is 0 Å². The average molecular weight is 279 g/mol. The Bertz CT molecular complexity index is 607. The number of thioether (sulfide) groups is 1. The van der Waals surface area contributed by atoms with Gasteiger partial charge in [0, 0.05) is 11.4 Å². The van der Waals surface area contributed by atoms with Crippen molar-refractivity contribution in [2.75, 3.05) is 18.6 Å². The lowest BCUT2D eigenvalue weighted by Crippen LogP contribution is -2.28. The zero-order valence-corrected chi connectivity index (χ0v) is 12.0. The summed E-state index contributed by atoms with van der Waals surface area (Å²) < 4.78 is 4.78. The molecule has 0 unspecified atom stereocenters. The third-order valence-corrected chi connectivity index (χ3v) is 4.12. The Morgan fingerprint density at radius 3 is 2.95 bits per heavy atom. The minimum atomic E-state index is -0.544. The molecule has 19 heavy (non-hydrogen) atoms. The number of nitrogen functional groups attached to an aromatic ring is 1. The molecule has 0 radical (unpaired) electrons. The lowest BCUT2D eigenvalue weighted by atomic mass is 9.97. The molecule has 0 spiro atoms. The van der Waals surface area contributed by atoms with E-state index in [9.17, 15) is 4.79 Å². The van der Waals surface area contributed by atoms with Gasteiger partial charge in [-0.25, -0.2) is 4.98 Å². The number of fused-ring (bicyclic) bond motifs is 1. The number of aromatic nitrogens is 2. The van der Waals surface area contributed by atoms with E-state index in [1.807, 2.05) is 32.0 Å². The monoisotopic (exact) mass is 279 g/mol. The number of nitrogens with zero attached hydrogens (tertiary/aromatic N) is 1. The number of rotatable bonds is 4. The Balaban J connectivity index is 2.12. The van der Waals surface area contributed by atoms with Crippen LogP contribution in [0.4, 0.5) is 5.69 Å². The predicted molar refractivity (Wildman–Crippen MR) is 77.0 cm³/mol. The second-order valence-corrected chi connectivity index (χ2v) is 5.95. The first kappa shape index (κ1) is 13.7.